The zero-order chi connectivity index (χ0) is 14.7. The van der Waals surface area contributed by atoms with Gasteiger partial charge in [-0.2, -0.15) is 0 Å². The van der Waals surface area contributed by atoms with E-state index in [0.717, 1.165) is 0 Å². The number of morpholine rings is 1. The summed E-state index contributed by atoms with van der Waals surface area (Å²) in [6.07, 6.45) is -0.740. The number of carbonyl (C=O) groups is 2. The Morgan fingerprint density at radius 1 is 1.45 bits per heavy atom. The van der Waals surface area contributed by atoms with Crippen LogP contribution in [0.3, 0.4) is 0 Å². The number of aromatic hydroxyl groups is 1. The van der Waals surface area contributed by atoms with E-state index in [0.29, 0.717) is 24.3 Å². The number of phenolic OH excluding ortho intramolecular Hbond substituents is 1. The second-order valence-electron chi connectivity index (χ2n) is 4.64. The Morgan fingerprint density at radius 2 is 2.20 bits per heavy atom. The summed E-state index contributed by atoms with van der Waals surface area (Å²) in [4.78, 5) is 25.4. The summed E-state index contributed by atoms with van der Waals surface area (Å²) < 4.78 is 9.90. The largest absolute Gasteiger partial charge is 0.508 e. The third kappa shape index (κ3) is 2.91. The normalized spacial score (nSPS) is 18.7. The summed E-state index contributed by atoms with van der Waals surface area (Å²) in [5, 5.41) is 9.48. The number of esters is 1. The minimum Gasteiger partial charge on any atom is -0.508 e. The number of methoxy groups -OCH3 is 1. The van der Waals surface area contributed by atoms with Crippen LogP contribution in [0.15, 0.2) is 18.2 Å². The molecule has 6 heteroatoms. The number of ether oxygens (including phenoxy) is 2. The number of aryl methyl sites for hydroxylation is 1. The summed E-state index contributed by atoms with van der Waals surface area (Å²) in [6.45, 7) is 2.61. The quantitative estimate of drug-likeness (QED) is 0.807. The first-order chi connectivity index (χ1) is 9.52. The SMILES string of the molecule is COC(=O)C1CN(C(=O)c2ccc(O)c(C)c2)CCO1. The molecule has 0 aromatic heterocycles. The van der Waals surface area contributed by atoms with Crippen molar-refractivity contribution in [1.29, 1.82) is 0 Å². The first kappa shape index (κ1) is 14.3. The highest BCUT2D eigenvalue weighted by molar-refractivity contribution is 5.95. The average Bonchev–Trinajstić information content (AvgIpc) is 2.48. The molecule has 1 aliphatic rings. The third-order valence-electron chi connectivity index (χ3n) is 3.26. The van der Waals surface area contributed by atoms with E-state index >= 15 is 0 Å². The molecule has 1 aromatic rings. The van der Waals surface area contributed by atoms with Crippen molar-refractivity contribution in [3.05, 3.63) is 29.3 Å². The van der Waals surface area contributed by atoms with Crippen molar-refractivity contribution in [3.8, 4) is 5.75 Å². The fourth-order valence-electron chi connectivity index (χ4n) is 2.08. The van der Waals surface area contributed by atoms with Crippen LogP contribution in [0.25, 0.3) is 0 Å². The number of benzene rings is 1. The number of hydrogen-bond acceptors (Lipinski definition) is 5. The highest BCUT2D eigenvalue weighted by Gasteiger charge is 2.30. The van der Waals surface area contributed by atoms with Crippen molar-refractivity contribution in [2.75, 3.05) is 26.8 Å². The van der Waals surface area contributed by atoms with Crippen LogP contribution < -0.4 is 0 Å². The first-order valence-corrected chi connectivity index (χ1v) is 6.31. The molecule has 1 unspecified atom stereocenters. The van der Waals surface area contributed by atoms with Crippen molar-refractivity contribution in [2.24, 2.45) is 0 Å². The van der Waals surface area contributed by atoms with Crippen LogP contribution >= 0.6 is 0 Å². The molecule has 1 amide bonds. The van der Waals surface area contributed by atoms with Gasteiger partial charge in [-0.15, -0.1) is 0 Å². The maximum absolute atomic E-state index is 12.4. The maximum Gasteiger partial charge on any atom is 0.336 e. The molecule has 2 rings (SSSR count). The van der Waals surface area contributed by atoms with Gasteiger partial charge in [0.05, 0.1) is 20.3 Å². The van der Waals surface area contributed by atoms with E-state index in [1.165, 1.54) is 13.2 Å². The van der Waals surface area contributed by atoms with E-state index in [9.17, 15) is 14.7 Å². The zero-order valence-electron chi connectivity index (χ0n) is 11.5. The molecule has 108 valence electrons. The highest BCUT2D eigenvalue weighted by atomic mass is 16.6. The summed E-state index contributed by atoms with van der Waals surface area (Å²) in [5.74, 6) is -0.523. The number of rotatable bonds is 2. The van der Waals surface area contributed by atoms with Gasteiger partial charge in [0.25, 0.3) is 5.91 Å². The smallest absolute Gasteiger partial charge is 0.336 e. The summed E-state index contributed by atoms with van der Waals surface area (Å²) in [5.41, 5.74) is 1.11. The molecule has 0 bridgehead atoms. The maximum atomic E-state index is 12.4. The molecular formula is C14H17NO5. The Hall–Kier alpha value is -2.08. The lowest BCUT2D eigenvalue weighted by Gasteiger charge is -2.31. The molecule has 1 fully saturated rings. The van der Waals surface area contributed by atoms with Crippen LogP contribution in [-0.4, -0.2) is 54.8 Å². The van der Waals surface area contributed by atoms with Gasteiger partial charge in [-0.1, -0.05) is 0 Å². The van der Waals surface area contributed by atoms with Gasteiger partial charge < -0.3 is 19.5 Å². The molecule has 0 radical (unpaired) electrons. The van der Waals surface area contributed by atoms with Gasteiger partial charge in [0.1, 0.15) is 5.75 Å². The van der Waals surface area contributed by atoms with Gasteiger partial charge in [-0.3, -0.25) is 4.79 Å². The predicted octanol–water partition coefficient (Wildman–Crippen LogP) is 0.715. The summed E-state index contributed by atoms with van der Waals surface area (Å²) in [7, 11) is 1.29. The van der Waals surface area contributed by atoms with E-state index in [-0.39, 0.29) is 18.2 Å². The number of hydrogen-bond donors (Lipinski definition) is 1. The van der Waals surface area contributed by atoms with Gasteiger partial charge in [-0.05, 0) is 30.7 Å². The lowest BCUT2D eigenvalue weighted by atomic mass is 10.1. The van der Waals surface area contributed by atoms with Crippen molar-refractivity contribution < 1.29 is 24.2 Å². The van der Waals surface area contributed by atoms with E-state index in [1.54, 1.807) is 24.0 Å². The van der Waals surface area contributed by atoms with E-state index in [1.807, 2.05) is 0 Å². The fraction of sp³-hybridized carbons (Fsp3) is 0.429. The van der Waals surface area contributed by atoms with Gasteiger partial charge in [0.2, 0.25) is 0 Å². The molecule has 1 atom stereocenters. The Bertz CT molecular complexity index is 528. The van der Waals surface area contributed by atoms with Crippen LogP contribution in [0.1, 0.15) is 15.9 Å². The fourth-order valence-corrected chi connectivity index (χ4v) is 2.08. The minimum atomic E-state index is -0.740. The molecule has 1 aliphatic heterocycles. The molecular weight excluding hydrogens is 262 g/mol. The van der Waals surface area contributed by atoms with Crippen LogP contribution in [0.4, 0.5) is 0 Å². The highest BCUT2D eigenvalue weighted by Crippen LogP contribution is 2.19. The topological polar surface area (TPSA) is 76.1 Å². The van der Waals surface area contributed by atoms with E-state index in [2.05, 4.69) is 4.74 Å². The number of nitrogens with zero attached hydrogens (tertiary/aromatic N) is 1. The van der Waals surface area contributed by atoms with Crippen molar-refractivity contribution in [1.82, 2.24) is 4.90 Å². The second kappa shape index (κ2) is 5.92. The molecule has 0 spiro atoms. The average molecular weight is 279 g/mol. The molecule has 6 nitrogen and oxygen atoms in total. The number of phenols is 1. The number of amides is 1. The van der Waals surface area contributed by atoms with Crippen LogP contribution in [-0.2, 0) is 14.3 Å². The lowest BCUT2D eigenvalue weighted by Crippen LogP contribution is -2.48. The predicted molar refractivity (Wildman–Crippen MR) is 70.5 cm³/mol. The van der Waals surface area contributed by atoms with E-state index in [4.69, 9.17) is 4.74 Å². The molecule has 1 aromatic carbocycles. The van der Waals surface area contributed by atoms with Gasteiger partial charge in [-0.25, -0.2) is 4.79 Å². The minimum absolute atomic E-state index is 0.149. The van der Waals surface area contributed by atoms with Crippen molar-refractivity contribution >= 4 is 11.9 Å². The van der Waals surface area contributed by atoms with Gasteiger partial charge >= 0.3 is 5.97 Å². The second-order valence-corrected chi connectivity index (χ2v) is 4.64. The Labute approximate surface area is 116 Å². The van der Waals surface area contributed by atoms with Crippen LogP contribution in [0, 0.1) is 6.92 Å². The molecule has 0 aliphatic carbocycles. The molecule has 1 heterocycles. The monoisotopic (exact) mass is 279 g/mol. The molecule has 1 saturated heterocycles. The zero-order valence-corrected chi connectivity index (χ0v) is 11.5. The Kier molecular flexibility index (Phi) is 4.24. The molecule has 20 heavy (non-hydrogen) atoms. The van der Waals surface area contributed by atoms with Crippen LogP contribution in [0.5, 0.6) is 5.75 Å². The Morgan fingerprint density at radius 3 is 2.85 bits per heavy atom. The molecule has 1 N–H and O–H groups in total. The van der Waals surface area contributed by atoms with Crippen molar-refractivity contribution in [3.63, 3.8) is 0 Å². The first-order valence-electron chi connectivity index (χ1n) is 6.31. The number of carbonyl (C=O) groups excluding carboxylic acids is 2. The summed E-state index contributed by atoms with van der Waals surface area (Å²) >= 11 is 0. The third-order valence-corrected chi connectivity index (χ3v) is 3.26. The standard InChI is InChI=1S/C14H17NO5/c1-9-7-10(3-4-11(9)16)13(17)15-5-6-20-12(8-15)14(18)19-2/h3-4,7,12,16H,5-6,8H2,1-2H3. The molecule has 0 saturated carbocycles. The van der Waals surface area contributed by atoms with E-state index < -0.39 is 12.1 Å². The lowest BCUT2D eigenvalue weighted by molar-refractivity contribution is -0.158. The summed E-state index contributed by atoms with van der Waals surface area (Å²) in [6, 6.07) is 4.67. The van der Waals surface area contributed by atoms with Crippen molar-refractivity contribution in [2.45, 2.75) is 13.0 Å². The Balaban J connectivity index is 2.12. The van der Waals surface area contributed by atoms with Gasteiger partial charge in [0.15, 0.2) is 6.10 Å². The van der Waals surface area contributed by atoms with Crippen LogP contribution in [0.2, 0.25) is 0 Å². The van der Waals surface area contributed by atoms with Gasteiger partial charge in [0, 0.05) is 12.1 Å².